The summed E-state index contributed by atoms with van der Waals surface area (Å²) in [6.45, 7) is 2.10. The largest absolute Gasteiger partial charge is 0.480 e. The van der Waals surface area contributed by atoms with Crippen LogP contribution in [-0.2, 0) is 4.74 Å². The summed E-state index contributed by atoms with van der Waals surface area (Å²) >= 11 is 0. The highest BCUT2D eigenvalue weighted by molar-refractivity contribution is 5.01. The summed E-state index contributed by atoms with van der Waals surface area (Å²) in [5, 5.41) is 16.4. The van der Waals surface area contributed by atoms with Crippen LogP contribution < -0.4 is 0 Å². The highest BCUT2D eigenvalue weighted by Crippen LogP contribution is 1.87. The highest BCUT2D eigenvalue weighted by Gasteiger charge is 1.84. The van der Waals surface area contributed by atoms with E-state index >= 15 is 0 Å². The molecule has 0 aliphatic heterocycles. The third-order valence-corrected chi connectivity index (χ3v) is 0.480. The Kier molecular flexibility index (Phi) is 3.42. The third kappa shape index (κ3) is 3.04. The minimum atomic E-state index is -0.324. The monoisotopic (exact) mass is 113 g/mol. The predicted molar refractivity (Wildman–Crippen MR) is 28.0 cm³/mol. The van der Waals surface area contributed by atoms with Crippen LogP contribution in [0.1, 0.15) is 6.92 Å². The van der Waals surface area contributed by atoms with E-state index < -0.39 is 0 Å². The van der Waals surface area contributed by atoms with Crippen molar-refractivity contribution in [3.8, 4) is 6.07 Å². The summed E-state index contributed by atoms with van der Waals surface area (Å²) in [4.78, 5) is 0. The Bertz CT molecular complexity index is 123. The minimum Gasteiger partial charge on any atom is -0.480 e. The Morgan fingerprint density at radius 2 is 2.62 bits per heavy atom. The van der Waals surface area contributed by atoms with E-state index in [4.69, 9.17) is 10.4 Å². The summed E-state index contributed by atoms with van der Waals surface area (Å²) in [5.41, 5.74) is 0. The topological polar surface area (TPSA) is 53.2 Å². The van der Waals surface area contributed by atoms with Gasteiger partial charge < -0.3 is 9.84 Å². The quantitative estimate of drug-likeness (QED) is 0.428. The van der Waals surface area contributed by atoms with Crippen molar-refractivity contribution in [1.82, 2.24) is 0 Å². The first-order valence-electron chi connectivity index (χ1n) is 2.22. The van der Waals surface area contributed by atoms with Crippen LogP contribution in [0.5, 0.6) is 0 Å². The molecular weight excluding hydrogens is 106 g/mol. The molecule has 0 fully saturated rings. The zero-order chi connectivity index (χ0) is 6.41. The van der Waals surface area contributed by atoms with E-state index in [9.17, 15) is 0 Å². The van der Waals surface area contributed by atoms with E-state index in [1.54, 1.807) is 13.0 Å². The van der Waals surface area contributed by atoms with Gasteiger partial charge in [-0.05, 0) is 6.92 Å². The van der Waals surface area contributed by atoms with Crippen molar-refractivity contribution >= 4 is 0 Å². The summed E-state index contributed by atoms with van der Waals surface area (Å²) in [6, 6.07) is 1.62. The zero-order valence-electron chi connectivity index (χ0n) is 4.59. The van der Waals surface area contributed by atoms with Crippen LogP contribution in [0.3, 0.4) is 0 Å². The first kappa shape index (κ1) is 6.83. The fourth-order valence-electron chi connectivity index (χ4n) is 0.245. The van der Waals surface area contributed by atoms with Gasteiger partial charge in [0.1, 0.15) is 0 Å². The maximum Gasteiger partial charge on any atom is 0.287 e. The third-order valence-electron chi connectivity index (χ3n) is 0.480. The number of hydrogen-bond donors (Lipinski definition) is 1. The Morgan fingerprint density at radius 1 is 2.00 bits per heavy atom. The van der Waals surface area contributed by atoms with Gasteiger partial charge in [-0.1, -0.05) is 0 Å². The van der Waals surface area contributed by atoms with Gasteiger partial charge in [0.15, 0.2) is 0 Å². The summed E-state index contributed by atoms with van der Waals surface area (Å²) in [7, 11) is 0. The van der Waals surface area contributed by atoms with E-state index in [0.29, 0.717) is 6.61 Å². The van der Waals surface area contributed by atoms with Crippen molar-refractivity contribution in [2.75, 3.05) is 6.61 Å². The normalized spacial score (nSPS) is 10.2. The molecule has 44 valence electrons. The van der Waals surface area contributed by atoms with Gasteiger partial charge in [0.25, 0.3) is 5.95 Å². The molecule has 0 unspecified atom stereocenters. The molecule has 0 amide bonds. The smallest absolute Gasteiger partial charge is 0.287 e. The number of ether oxygens (including phenoxy) is 1. The van der Waals surface area contributed by atoms with Crippen molar-refractivity contribution in [3.63, 3.8) is 0 Å². The first-order valence-corrected chi connectivity index (χ1v) is 2.22. The van der Waals surface area contributed by atoms with Crippen LogP contribution in [0.2, 0.25) is 0 Å². The van der Waals surface area contributed by atoms with E-state index in [1.165, 1.54) is 0 Å². The van der Waals surface area contributed by atoms with Crippen LogP contribution in [0, 0.1) is 11.3 Å². The SMILES string of the molecule is CCOC(O)=CC#N. The van der Waals surface area contributed by atoms with Gasteiger partial charge in [-0.3, -0.25) is 0 Å². The molecule has 8 heavy (non-hydrogen) atoms. The summed E-state index contributed by atoms with van der Waals surface area (Å²) < 4.78 is 4.48. The van der Waals surface area contributed by atoms with E-state index in [1.807, 2.05) is 0 Å². The fourth-order valence-corrected chi connectivity index (χ4v) is 0.245. The Labute approximate surface area is 47.8 Å². The molecule has 0 aromatic heterocycles. The molecule has 0 saturated carbocycles. The molecule has 3 nitrogen and oxygen atoms in total. The number of hydrogen-bond acceptors (Lipinski definition) is 3. The van der Waals surface area contributed by atoms with E-state index in [0.717, 1.165) is 6.08 Å². The number of nitrogens with zero attached hydrogens (tertiary/aromatic N) is 1. The van der Waals surface area contributed by atoms with Gasteiger partial charge in [0.05, 0.1) is 18.8 Å². The van der Waals surface area contributed by atoms with Gasteiger partial charge in [-0.2, -0.15) is 5.26 Å². The average Bonchev–Trinajstić information content (AvgIpc) is 1.68. The molecule has 0 radical (unpaired) electrons. The zero-order valence-corrected chi connectivity index (χ0v) is 4.59. The number of nitriles is 1. The van der Waals surface area contributed by atoms with Crippen LogP contribution in [-0.4, -0.2) is 11.7 Å². The lowest BCUT2D eigenvalue weighted by molar-refractivity contribution is 0.103. The van der Waals surface area contributed by atoms with Crippen LogP contribution in [0.4, 0.5) is 0 Å². The van der Waals surface area contributed by atoms with Gasteiger partial charge in [-0.25, -0.2) is 0 Å². The molecule has 3 heteroatoms. The fraction of sp³-hybridized carbons (Fsp3) is 0.400. The molecule has 0 aromatic carbocycles. The van der Waals surface area contributed by atoms with Crippen molar-refractivity contribution in [2.24, 2.45) is 0 Å². The molecule has 0 spiro atoms. The maximum atomic E-state index is 8.47. The average molecular weight is 113 g/mol. The molecule has 0 heterocycles. The summed E-state index contributed by atoms with van der Waals surface area (Å²) in [5.74, 6) is -0.324. The Balaban J connectivity index is 3.49. The molecule has 1 N–H and O–H groups in total. The van der Waals surface area contributed by atoms with Crippen molar-refractivity contribution in [1.29, 1.82) is 5.26 Å². The van der Waals surface area contributed by atoms with Crippen molar-refractivity contribution < 1.29 is 9.84 Å². The number of rotatable bonds is 2. The lowest BCUT2D eigenvalue weighted by Gasteiger charge is -1.95. The second-order valence-electron chi connectivity index (χ2n) is 1.04. The van der Waals surface area contributed by atoms with Gasteiger partial charge >= 0.3 is 0 Å². The minimum absolute atomic E-state index is 0.324. The molecule has 0 aromatic rings. The number of allylic oxidation sites excluding steroid dienone is 1. The lowest BCUT2D eigenvalue weighted by atomic mass is 10.7. The Hall–Kier alpha value is -1.17. The van der Waals surface area contributed by atoms with Crippen LogP contribution in [0.15, 0.2) is 12.0 Å². The molecule has 0 bridgehead atoms. The molecular formula is C5H7NO2. The molecule has 0 aliphatic rings. The molecule has 0 aliphatic carbocycles. The second-order valence-corrected chi connectivity index (χ2v) is 1.04. The summed E-state index contributed by atoms with van der Waals surface area (Å²) in [6.07, 6.45) is 0.934. The maximum absolute atomic E-state index is 8.47. The molecule has 0 saturated heterocycles. The molecule has 0 rings (SSSR count). The van der Waals surface area contributed by atoms with Crippen LogP contribution in [0.25, 0.3) is 0 Å². The molecule has 0 atom stereocenters. The Morgan fingerprint density at radius 3 is 3.00 bits per heavy atom. The second kappa shape index (κ2) is 4.00. The van der Waals surface area contributed by atoms with Gasteiger partial charge in [0.2, 0.25) is 0 Å². The van der Waals surface area contributed by atoms with Crippen molar-refractivity contribution in [2.45, 2.75) is 6.92 Å². The number of aliphatic hydroxyl groups excluding tert-OH is 1. The van der Waals surface area contributed by atoms with E-state index in [-0.39, 0.29) is 5.95 Å². The highest BCUT2D eigenvalue weighted by atomic mass is 16.6. The first-order chi connectivity index (χ1) is 3.81. The number of aliphatic hydroxyl groups is 1. The predicted octanol–water partition coefficient (Wildman–Crippen LogP) is 0.946. The van der Waals surface area contributed by atoms with Gasteiger partial charge in [-0.15, -0.1) is 0 Å². The van der Waals surface area contributed by atoms with E-state index in [2.05, 4.69) is 4.74 Å². The van der Waals surface area contributed by atoms with Crippen molar-refractivity contribution in [3.05, 3.63) is 12.0 Å². The lowest BCUT2D eigenvalue weighted by Crippen LogP contribution is -1.87. The standard InChI is InChI=1S/C5H7NO2/c1-2-8-5(7)3-4-6/h3,7H,2H2,1H3. The van der Waals surface area contributed by atoms with Gasteiger partial charge in [0, 0.05) is 0 Å². The van der Waals surface area contributed by atoms with Crippen LogP contribution >= 0.6 is 0 Å².